The number of carboxylic acids is 1. The fraction of sp³-hybridized carbons (Fsp3) is 0.207. The second kappa shape index (κ2) is 11.2. The van der Waals surface area contributed by atoms with Crippen LogP contribution in [0.3, 0.4) is 0 Å². The van der Waals surface area contributed by atoms with Gasteiger partial charge in [-0.05, 0) is 47.5 Å². The number of quaternary nitrogens is 1. The number of hydrogen-bond acceptors (Lipinski definition) is 7. The highest BCUT2D eigenvalue weighted by Gasteiger charge is 2.36. The molecule has 1 aliphatic heterocycles. The molecule has 0 radical (unpaired) electrons. The maximum absolute atomic E-state index is 13.7. The minimum atomic E-state index is -3.52. The maximum atomic E-state index is 13.7. The van der Waals surface area contributed by atoms with Gasteiger partial charge in [-0.2, -0.15) is 0 Å². The number of halogens is 2. The Kier molecular flexibility index (Phi) is 7.90. The van der Waals surface area contributed by atoms with Crippen LogP contribution in [0.1, 0.15) is 37.4 Å². The Morgan fingerprint density at radius 1 is 1.12 bits per heavy atom. The number of rotatable bonds is 7. The minimum Gasteiger partial charge on any atom is -0.625 e. The van der Waals surface area contributed by atoms with E-state index in [1.165, 1.54) is 36.6 Å². The normalized spacial score (nSPS) is 17.4. The van der Waals surface area contributed by atoms with Gasteiger partial charge >= 0.3 is 11.9 Å². The van der Waals surface area contributed by atoms with E-state index >= 15 is 0 Å². The van der Waals surface area contributed by atoms with Crippen LogP contribution in [0.25, 0.3) is 11.0 Å². The van der Waals surface area contributed by atoms with E-state index < -0.39 is 38.3 Å². The van der Waals surface area contributed by atoms with Gasteiger partial charge < -0.3 is 20.0 Å². The van der Waals surface area contributed by atoms with Crippen LogP contribution in [0, 0.1) is 5.21 Å². The number of fused-ring (bicyclic) bond motifs is 2. The highest BCUT2D eigenvalue weighted by molar-refractivity contribution is 7.90. The molecule has 4 aromatic rings. The van der Waals surface area contributed by atoms with Gasteiger partial charge in [0.2, 0.25) is 0 Å². The number of carbonyl (C=O) groups is 3. The zero-order chi connectivity index (χ0) is 30.4. The number of nitrogens with one attached hydrogen (secondary N) is 1. The summed E-state index contributed by atoms with van der Waals surface area (Å²) >= 11 is 13.0. The van der Waals surface area contributed by atoms with Gasteiger partial charge in [-0.1, -0.05) is 41.4 Å². The number of sulfone groups is 1. The highest BCUT2D eigenvalue weighted by Crippen LogP contribution is 2.37. The smallest absolute Gasteiger partial charge is 0.346 e. The van der Waals surface area contributed by atoms with Crippen molar-refractivity contribution in [2.75, 3.05) is 12.8 Å². The molecular weight excluding hydrogens is 607 g/mol. The minimum absolute atomic E-state index is 0.0177. The third-order valence-corrected chi connectivity index (χ3v) is 9.06. The fourth-order valence-electron chi connectivity index (χ4n) is 5.04. The van der Waals surface area contributed by atoms with Gasteiger partial charge in [0.25, 0.3) is 5.91 Å². The third kappa shape index (κ3) is 5.79. The first-order valence-corrected chi connectivity index (χ1v) is 15.3. The molecule has 1 unspecified atom stereocenters. The first-order valence-electron chi connectivity index (χ1n) is 12.7. The lowest BCUT2D eigenvalue weighted by Crippen LogP contribution is -2.50. The summed E-state index contributed by atoms with van der Waals surface area (Å²) < 4.78 is 27.9. The molecule has 2 amide bonds. The van der Waals surface area contributed by atoms with Crippen LogP contribution in [-0.2, 0) is 34.0 Å². The number of nitrogens with zero attached hydrogens (tertiary/aromatic N) is 1. The van der Waals surface area contributed by atoms with Crippen molar-refractivity contribution in [1.82, 2.24) is 5.32 Å². The predicted octanol–water partition coefficient (Wildman–Crippen LogP) is 4.78. The zero-order valence-electron chi connectivity index (χ0n) is 22.1. The number of amides is 2. The molecule has 10 nitrogen and oxygen atoms in total. The van der Waals surface area contributed by atoms with Gasteiger partial charge in [-0.15, -0.1) is 0 Å². The van der Waals surface area contributed by atoms with Crippen molar-refractivity contribution < 1.29 is 37.0 Å². The van der Waals surface area contributed by atoms with E-state index in [1.54, 1.807) is 24.3 Å². The standard InChI is InChI=1S/C29H24Cl2N2O8S/c1-42(39,40)20-4-2-3-16(11-20)12-23(29(36)37)32-27(34)25-22(30)13-19-15-33(38,9-7-21(19)26(25)31)28(35)18-6-5-17-8-10-41-24(17)14-18/h2-6,8,10-11,13-14,23H,7,9,12,15H2,1H3,(H,32,34)(H,36,37)/t23-,33?/m0/s1. The molecular formula is C29H24Cl2N2O8S. The van der Waals surface area contributed by atoms with Gasteiger partial charge in [0.1, 0.15) is 18.2 Å². The molecule has 1 aromatic heterocycles. The van der Waals surface area contributed by atoms with Crippen molar-refractivity contribution in [2.24, 2.45) is 0 Å². The Hall–Kier alpha value is -3.74. The van der Waals surface area contributed by atoms with Crippen LogP contribution in [0.4, 0.5) is 0 Å². The molecule has 2 heterocycles. The zero-order valence-corrected chi connectivity index (χ0v) is 24.4. The molecule has 218 valence electrons. The highest BCUT2D eigenvalue weighted by atomic mass is 35.5. The summed E-state index contributed by atoms with van der Waals surface area (Å²) in [6.07, 6.45) is 2.40. The van der Waals surface area contributed by atoms with E-state index in [1.807, 2.05) is 0 Å². The molecule has 0 bridgehead atoms. The number of carbonyl (C=O) groups excluding carboxylic acids is 2. The van der Waals surface area contributed by atoms with Crippen LogP contribution in [0.2, 0.25) is 10.0 Å². The number of carboxylic acid groups (broad SMARTS) is 1. The van der Waals surface area contributed by atoms with Gasteiger partial charge in [-0.25, -0.2) is 18.0 Å². The largest absolute Gasteiger partial charge is 0.625 e. The second-order valence-corrected chi connectivity index (χ2v) is 13.0. The van der Waals surface area contributed by atoms with E-state index in [0.717, 1.165) is 11.6 Å². The van der Waals surface area contributed by atoms with E-state index in [4.69, 9.17) is 27.6 Å². The Morgan fingerprint density at radius 3 is 2.60 bits per heavy atom. The van der Waals surface area contributed by atoms with Crippen LogP contribution < -0.4 is 5.32 Å². The molecule has 2 atom stereocenters. The summed E-state index contributed by atoms with van der Waals surface area (Å²) in [6, 6.07) is 12.3. The van der Waals surface area contributed by atoms with Crippen molar-refractivity contribution in [1.29, 1.82) is 0 Å². The van der Waals surface area contributed by atoms with E-state index in [9.17, 15) is 33.1 Å². The summed E-state index contributed by atoms with van der Waals surface area (Å²) in [7, 11) is -3.52. The van der Waals surface area contributed by atoms with Gasteiger partial charge in [0, 0.05) is 30.0 Å². The predicted molar refractivity (Wildman–Crippen MR) is 155 cm³/mol. The topological polar surface area (TPSA) is 154 Å². The van der Waals surface area contributed by atoms with E-state index in [0.29, 0.717) is 22.3 Å². The summed E-state index contributed by atoms with van der Waals surface area (Å²) in [6.45, 7) is -0.404. The summed E-state index contributed by atoms with van der Waals surface area (Å²) in [5.41, 5.74) is 1.78. The van der Waals surface area contributed by atoms with Crippen LogP contribution in [0.15, 0.2) is 70.2 Å². The van der Waals surface area contributed by atoms with E-state index in [2.05, 4.69) is 5.32 Å². The summed E-state index contributed by atoms with van der Waals surface area (Å²) in [4.78, 5) is 38.5. The number of furan rings is 1. The third-order valence-electron chi connectivity index (χ3n) is 7.23. The summed E-state index contributed by atoms with van der Waals surface area (Å²) in [5.74, 6) is -2.86. The van der Waals surface area contributed by atoms with E-state index in [-0.39, 0.29) is 52.0 Å². The molecule has 3 aromatic carbocycles. The summed E-state index contributed by atoms with van der Waals surface area (Å²) in [5, 5.41) is 26.5. The Balaban J connectivity index is 1.38. The van der Waals surface area contributed by atoms with Gasteiger partial charge in [-0.3, -0.25) is 9.44 Å². The number of hydroxylamine groups is 3. The average molecular weight is 631 g/mol. The molecule has 0 spiro atoms. The first kappa shape index (κ1) is 29.7. The van der Waals surface area contributed by atoms with Crippen molar-refractivity contribution in [3.05, 3.63) is 104 Å². The lowest BCUT2D eigenvalue weighted by atomic mass is 9.95. The number of aliphatic carboxylic acids is 1. The Morgan fingerprint density at radius 2 is 1.88 bits per heavy atom. The molecule has 42 heavy (non-hydrogen) atoms. The number of benzene rings is 3. The molecule has 0 saturated heterocycles. The van der Waals surface area contributed by atoms with Crippen LogP contribution in [0.5, 0.6) is 0 Å². The Labute approximate surface area is 250 Å². The van der Waals surface area contributed by atoms with Crippen molar-refractivity contribution >= 4 is 61.8 Å². The lowest BCUT2D eigenvalue weighted by Gasteiger charge is -2.43. The Bertz CT molecular complexity index is 1870. The van der Waals surface area contributed by atoms with Crippen molar-refractivity contribution in [3.8, 4) is 0 Å². The fourth-order valence-corrected chi connectivity index (χ4v) is 6.50. The lowest BCUT2D eigenvalue weighted by molar-refractivity contribution is -0.814. The second-order valence-electron chi connectivity index (χ2n) is 10.2. The molecule has 13 heteroatoms. The molecule has 2 N–H and O–H groups in total. The van der Waals surface area contributed by atoms with Crippen molar-refractivity contribution in [2.45, 2.75) is 30.3 Å². The van der Waals surface area contributed by atoms with Crippen molar-refractivity contribution in [3.63, 3.8) is 0 Å². The number of hydrogen-bond donors (Lipinski definition) is 2. The SMILES string of the molecule is CS(=O)(=O)c1cccc(C[C@H](NC(=O)c2c(Cl)cc3c(c2Cl)CC[N+]([O-])(C(=O)c2ccc4ccoc4c2)C3)C(=O)O)c1. The van der Waals surface area contributed by atoms with Crippen LogP contribution in [-0.4, -0.2) is 54.8 Å². The molecule has 0 aliphatic carbocycles. The van der Waals surface area contributed by atoms with Gasteiger partial charge in [0.05, 0.1) is 38.9 Å². The first-order chi connectivity index (χ1) is 19.8. The molecule has 1 aliphatic rings. The monoisotopic (exact) mass is 630 g/mol. The molecule has 0 fully saturated rings. The average Bonchev–Trinajstić information content (AvgIpc) is 3.40. The van der Waals surface area contributed by atoms with Crippen LogP contribution >= 0.6 is 23.2 Å². The molecule has 0 saturated carbocycles. The quantitative estimate of drug-likeness (QED) is 0.218. The maximum Gasteiger partial charge on any atom is 0.346 e. The molecule has 5 rings (SSSR count). The van der Waals surface area contributed by atoms with Gasteiger partial charge in [0.15, 0.2) is 9.84 Å².